The Morgan fingerprint density at radius 1 is 1.35 bits per heavy atom. The predicted molar refractivity (Wildman–Crippen MR) is 72.4 cm³/mol. The molecule has 0 N–H and O–H groups in total. The fraction of sp³-hybridized carbons (Fsp3) is 0.500. The van der Waals surface area contributed by atoms with Crippen LogP contribution < -0.4 is 0 Å². The maximum Gasteiger partial charge on any atom is 0.257 e. The Labute approximate surface area is 117 Å². The fourth-order valence-electron chi connectivity index (χ4n) is 2.76. The number of rotatable bonds is 2. The van der Waals surface area contributed by atoms with Gasteiger partial charge in [-0.15, -0.1) is 5.10 Å². The fourth-order valence-corrected chi connectivity index (χ4v) is 2.76. The molecule has 106 valence electrons. The topological polar surface area (TPSA) is 64.2 Å². The number of carbonyl (C=O) groups excluding carboxylic acids is 1. The van der Waals surface area contributed by atoms with E-state index in [1.165, 1.54) is 0 Å². The van der Waals surface area contributed by atoms with Crippen LogP contribution in [0.3, 0.4) is 0 Å². The lowest BCUT2D eigenvalue weighted by atomic mass is 10.0. The van der Waals surface area contributed by atoms with Crippen LogP contribution in [0.25, 0.3) is 0 Å². The Morgan fingerprint density at radius 2 is 2.10 bits per heavy atom. The Bertz CT molecular complexity index is 595. The van der Waals surface area contributed by atoms with Crippen LogP contribution in [-0.4, -0.2) is 38.9 Å². The highest BCUT2D eigenvalue weighted by molar-refractivity contribution is 5.95. The molecule has 0 bridgehead atoms. The molecule has 1 aliphatic heterocycles. The Kier molecular flexibility index (Phi) is 3.30. The highest BCUT2D eigenvalue weighted by Gasteiger charge is 2.26. The number of aromatic nitrogens is 3. The van der Waals surface area contributed by atoms with Gasteiger partial charge in [0.15, 0.2) is 0 Å². The number of carbonyl (C=O) groups is 1. The summed E-state index contributed by atoms with van der Waals surface area (Å²) in [5.41, 5.74) is 0.682. The van der Waals surface area contributed by atoms with Gasteiger partial charge in [0.2, 0.25) is 0 Å². The molecule has 6 nitrogen and oxygen atoms in total. The second-order valence-corrected chi connectivity index (χ2v) is 5.23. The van der Waals surface area contributed by atoms with Crippen molar-refractivity contribution < 1.29 is 9.21 Å². The van der Waals surface area contributed by atoms with Crippen molar-refractivity contribution in [1.82, 2.24) is 19.9 Å². The lowest BCUT2D eigenvalue weighted by Gasteiger charge is -2.31. The Morgan fingerprint density at radius 3 is 2.65 bits per heavy atom. The third-order valence-electron chi connectivity index (χ3n) is 3.84. The van der Waals surface area contributed by atoms with Crippen LogP contribution >= 0.6 is 0 Å². The average Bonchev–Trinajstić information content (AvgIpc) is 3.08. The zero-order valence-corrected chi connectivity index (χ0v) is 11.7. The van der Waals surface area contributed by atoms with Crippen molar-refractivity contribution in [2.45, 2.75) is 32.7 Å². The second-order valence-electron chi connectivity index (χ2n) is 5.23. The number of aryl methyl sites for hydroxylation is 2. The minimum Gasteiger partial charge on any atom is -0.466 e. The molecular formula is C14H18N4O2. The first-order chi connectivity index (χ1) is 9.65. The van der Waals surface area contributed by atoms with Gasteiger partial charge in [-0.2, -0.15) is 0 Å². The number of furan rings is 1. The Hall–Kier alpha value is -2.11. The van der Waals surface area contributed by atoms with Gasteiger partial charge in [0.05, 0.1) is 17.8 Å². The SMILES string of the molecule is Cc1cc(C(=O)N2CCC(n3ccnn3)CC2)c(C)o1. The molecule has 0 unspecified atom stereocenters. The largest absolute Gasteiger partial charge is 0.466 e. The third-order valence-corrected chi connectivity index (χ3v) is 3.84. The van der Waals surface area contributed by atoms with Crippen LogP contribution in [0.4, 0.5) is 0 Å². The first kappa shape index (κ1) is 12.9. The molecule has 0 radical (unpaired) electrons. The molecule has 3 heterocycles. The molecule has 0 aliphatic carbocycles. The molecule has 20 heavy (non-hydrogen) atoms. The van der Waals surface area contributed by atoms with Gasteiger partial charge in [0.25, 0.3) is 5.91 Å². The molecule has 1 fully saturated rings. The van der Waals surface area contributed by atoms with Crippen LogP contribution in [0.2, 0.25) is 0 Å². The quantitative estimate of drug-likeness (QED) is 0.839. The number of amides is 1. The molecule has 1 amide bonds. The van der Waals surface area contributed by atoms with Gasteiger partial charge < -0.3 is 9.32 Å². The van der Waals surface area contributed by atoms with Crippen molar-refractivity contribution in [3.63, 3.8) is 0 Å². The predicted octanol–water partition coefficient (Wildman–Crippen LogP) is 1.97. The zero-order chi connectivity index (χ0) is 14.1. The molecule has 0 aromatic carbocycles. The first-order valence-electron chi connectivity index (χ1n) is 6.87. The smallest absolute Gasteiger partial charge is 0.257 e. The van der Waals surface area contributed by atoms with Crippen molar-refractivity contribution in [3.8, 4) is 0 Å². The van der Waals surface area contributed by atoms with Crippen LogP contribution in [0.1, 0.15) is 40.8 Å². The highest BCUT2D eigenvalue weighted by Crippen LogP contribution is 2.24. The number of nitrogens with zero attached hydrogens (tertiary/aromatic N) is 4. The Balaban J connectivity index is 1.66. The van der Waals surface area contributed by atoms with E-state index in [2.05, 4.69) is 10.3 Å². The summed E-state index contributed by atoms with van der Waals surface area (Å²) in [4.78, 5) is 14.4. The zero-order valence-electron chi connectivity index (χ0n) is 11.7. The molecule has 0 atom stereocenters. The lowest BCUT2D eigenvalue weighted by molar-refractivity contribution is 0.0687. The van der Waals surface area contributed by atoms with E-state index in [0.29, 0.717) is 17.4 Å². The summed E-state index contributed by atoms with van der Waals surface area (Å²) in [6.07, 6.45) is 5.39. The minimum atomic E-state index is 0.0661. The third kappa shape index (κ3) is 2.33. The van der Waals surface area contributed by atoms with Gasteiger partial charge in [-0.25, -0.2) is 4.68 Å². The molecule has 6 heteroatoms. The van der Waals surface area contributed by atoms with E-state index in [1.807, 2.05) is 35.7 Å². The van der Waals surface area contributed by atoms with E-state index in [9.17, 15) is 4.79 Å². The lowest BCUT2D eigenvalue weighted by Crippen LogP contribution is -2.39. The number of piperidine rings is 1. The molecule has 1 aliphatic rings. The molecule has 1 saturated heterocycles. The standard InChI is InChI=1S/C14H18N4O2/c1-10-9-13(11(2)20-10)14(19)17-6-3-12(4-7-17)18-8-5-15-16-18/h5,8-9,12H,3-4,6-7H2,1-2H3. The highest BCUT2D eigenvalue weighted by atomic mass is 16.3. The van der Waals surface area contributed by atoms with Crippen LogP contribution in [-0.2, 0) is 0 Å². The van der Waals surface area contributed by atoms with E-state index < -0.39 is 0 Å². The normalized spacial score (nSPS) is 16.6. The summed E-state index contributed by atoms with van der Waals surface area (Å²) in [7, 11) is 0. The maximum absolute atomic E-state index is 12.5. The molecule has 2 aromatic heterocycles. The summed E-state index contributed by atoms with van der Waals surface area (Å²) in [5.74, 6) is 1.55. The summed E-state index contributed by atoms with van der Waals surface area (Å²) < 4.78 is 7.32. The molecule has 2 aromatic rings. The molecule has 3 rings (SSSR count). The van der Waals surface area contributed by atoms with Crippen LogP contribution in [0.15, 0.2) is 22.9 Å². The molecule has 0 spiro atoms. The van der Waals surface area contributed by atoms with Gasteiger partial charge in [-0.1, -0.05) is 5.21 Å². The summed E-state index contributed by atoms with van der Waals surface area (Å²) in [6.45, 7) is 5.18. The van der Waals surface area contributed by atoms with Crippen molar-refractivity contribution in [2.24, 2.45) is 0 Å². The van der Waals surface area contributed by atoms with E-state index in [4.69, 9.17) is 4.42 Å². The van der Waals surface area contributed by atoms with Gasteiger partial charge in [-0.05, 0) is 32.8 Å². The van der Waals surface area contributed by atoms with Crippen LogP contribution in [0.5, 0.6) is 0 Å². The summed E-state index contributed by atoms with van der Waals surface area (Å²) >= 11 is 0. The van der Waals surface area contributed by atoms with E-state index >= 15 is 0 Å². The second kappa shape index (κ2) is 5.11. The van der Waals surface area contributed by atoms with E-state index in [-0.39, 0.29) is 5.91 Å². The summed E-state index contributed by atoms with van der Waals surface area (Å²) in [5, 5.41) is 7.87. The van der Waals surface area contributed by atoms with Crippen molar-refractivity contribution >= 4 is 5.91 Å². The number of likely N-dealkylation sites (tertiary alicyclic amines) is 1. The average molecular weight is 274 g/mol. The van der Waals surface area contributed by atoms with Crippen LogP contribution in [0, 0.1) is 13.8 Å². The van der Waals surface area contributed by atoms with E-state index in [0.717, 1.165) is 31.7 Å². The van der Waals surface area contributed by atoms with Gasteiger partial charge >= 0.3 is 0 Å². The minimum absolute atomic E-state index is 0.0661. The number of hydrogen-bond acceptors (Lipinski definition) is 4. The van der Waals surface area contributed by atoms with Gasteiger partial charge in [0.1, 0.15) is 11.5 Å². The van der Waals surface area contributed by atoms with Crippen molar-refractivity contribution in [2.75, 3.05) is 13.1 Å². The van der Waals surface area contributed by atoms with Crippen molar-refractivity contribution in [3.05, 3.63) is 35.5 Å². The first-order valence-corrected chi connectivity index (χ1v) is 6.87. The maximum atomic E-state index is 12.5. The molecule has 0 saturated carbocycles. The van der Waals surface area contributed by atoms with Crippen molar-refractivity contribution in [1.29, 1.82) is 0 Å². The van der Waals surface area contributed by atoms with E-state index in [1.54, 1.807) is 6.20 Å². The summed E-state index contributed by atoms with van der Waals surface area (Å²) in [6, 6.07) is 2.16. The van der Waals surface area contributed by atoms with Gasteiger partial charge in [-0.3, -0.25) is 4.79 Å². The monoisotopic (exact) mass is 274 g/mol. The van der Waals surface area contributed by atoms with Gasteiger partial charge in [0, 0.05) is 19.3 Å². The molecular weight excluding hydrogens is 256 g/mol. The number of hydrogen-bond donors (Lipinski definition) is 0.